The molecule has 1 rings (SSSR count). The van der Waals surface area contributed by atoms with Gasteiger partial charge in [0.25, 0.3) is 0 Å². The second-order valence-corrected chi connectivity index (χ2v) is 4.83. The van der Waals surface area contributed by atoms with Gasteiger partial charge in [-0.1, -0.05) is 0 Å². The molecule has 0 aromatic heterocycles. The fourth-order valence-corrected chi connectivity index (χ4v) is 2.10. The molecule has 5 heteroatoms. The van der Waals surface area contributed by atoms with Gasteiger partial charge in [-0.3, -0.25) is 4.79 Å². The van der Waals surface area contributed by atoms with E-state index in [1.807, 2.05) is 18.7 Å². The molecule has 18 heavy (non-hydrogen) atoms. The Balaban J connectivity index is 2.22. The Bertz CT molecular complexity index is 242. The number of carbonyl (C=O) groups is 1. The quantitative estimate of drug-likeness (QED) is 0.693. The van der Waals surface area contributed by atoms with Crippen LogP contribution in [-0.4, -0.2) is 60.9 Å². The number of piperidine rings is 1. The summed E-state index contributed by atoms with van der Waals surface area (Å²) in [5, 5.41) is 12.7. The van der Waals surface area contributed by atoms with Gasteiger partial charge in [-0.25, -0.2) is 0 Å². The van der Waals surface area contributed by atoms with Gasteiger partial charge in [-0.15, -0.1) is 0 Å². The van der Waals surface area contributed by atoms with Crippen molar-refractivity contribution in [1.29, 1.82) is 0 Å². The molecule has 0 aromatic rings. The third kappa shape index (κ3) is 5.33. The van der Waals surface area contributed by atoms with Crippen molar-refractivity contribution in [1.82, 2.24) is 10.2 Å². The first-order chi connectivity index (χ1) is 8.65. The highest BCUT2D eigenvalue weighted by molar-refractivity contribution is 5.81. The van der Waals surface area contributed by atoms with Crippen LogP contribution < -0.4 is 5.32 Å². The predicted octanol–water partition coefficient (Wildman–Crippen LogP) is 0.374. The minimum Gasteiger partial charge on any atom is -0.389 e. The minimum atomic E-state index is -0.554. The topological polar surface area (TPSA) is 61.8 Å². The number of ether oxygens (including phenoxy) is 1. The van der Waals surface area contributed by atoms with Crippen molar-refractivity contribution >= 4 is 5.91 Å². The standard InChI is InChI=1S/C13H26N2O3/c1-3-18-10-12(16)9-14-11(2)13(17)15-7-5-4-6-8-15/h11-12,14,16H,3-10H2,1-2H3. The number of hydrogen-bond donors (Lipinski definition) is 2. The zero-order chi connectivity index (χ0) is 13.4. The summed E-state index contributed by atoms with van der Waals surface area (Å²) in [5.74, 6) is 0.137. The van der Waals surface area contributed by atoms with Crippen LogP contribution in [0.25, 0.3) is 0 Å². The smallest absolute Gasteiger partial charge is 0.239 e. The Hall–Kier alpha value is -0.650. The lowest BCUT2D eigenvalue weighted by Gasteiger charge is -2.29. The molecule has 0 spiro atoms. The van der Waals surface area contributed by atoms with E-state index in [-0.39, 0.29) is 11.9 Å². The molecule has 1 fully saturated rings. The van der Waals surface area contributed by atoms with Crippen molar-refractivity contribution in [3.63, 3.8) is 0 Å². The molecular formula is C13H26N2O3. The number of carbonyl (C=O) groups excluding carboxylic acids is 1. The number of hydrogen-bond acceptors (Lipinski definition) is 4. The minimum absolute atomic E-state index is 0.137. The van der Waals surface area contributed by atoms with E-state index in [0.29, 0.717) is 19.8 Å². The number of aliphatic hydroxyl groups is 1. The molecule has 5 nitrogen and oxygen atoms in total. The molecule has 1 aliphatic rings. The molecule has 0 radical (unpaired) electrons. The zero-order valence-corrected chi connectivity index (χ0v) is 11.5. The molecule has 2 atom stereocenters. The molecule has 0 saturated carbocycles. The van der Waals surface area contributed by atoms with Crippen LogP contribution in [0.4, 0.5) is 0 Å². The van der Waals surface area contributed by atoms with Gasteiger partial charge in [0.15, 0.2) is 0 Å². The summed E-state index contributed by atoms with van der Waals surface area (Å²) in [7, 11) is 0. The monoisotopic (exact) mass is 258 g/mol. The van der Waals surface area contributed by atoms with Crippen molar-refractivity contribution in [2.45, 2.75) is 45.3 Å². The SMILES string of the molecule is CCOCC(O)CNC(C)C(=O)N1CCCCC1. The van der Waals surface area contributed by atoms with Crippen molar-refractivity contribution < 1.29 is 14.6 Å². The normalized spacial score (nSPS) is 19.6. The van der Waals surface area contributed by atoms with Gasteiger partial charge in [0.1, 0.15) is 0 Å². The average molecular weight is 258 g/mol. The number of nitrogens with zero attached hydrogens (tertiary/aromatic N) is 1. The van der Waals surface area contributed by atoms with Gasteiger partial charge in [-0.2, -0.15) is 0 Å². The summed E-state index contributed by atoms with van der Waals surface area (Å²) in [4.78, 5) is 14.0. The van der Waals surface area contributed by atoms with Crippen LogP contribution in [0.2, 0.25) is 0 Å². The first kappa shape index (κ1) is 15.4. The van der Waals surface area contributed by atoms with Gasteiger partial charge < -0.3 is 20.1 Å². The molecule has 0 bridgehead atoms. The van der Waals surface area contributed by atoms with Crippen molar-refractivity contribution in [3.05, 3.63) is 0 Å². The van der Waals surface area contributed by atoms with E-state index in [2.05, 4.69) is 5.32 Å². The van der Waals surface area contributed by atoms with E-state index in [4.69, 9.17) is 4.74 Å². The van der Waals surface area contributed by atoms with E-state index in [0.717, 1.165) is 25.9 Å². The molecule has 2 unspecified atom stereocenters. The molecular weight excluding hydrogens is 232 g/mol. The molecule has 1 heterocycles. The third-order valence-corrected chi connectivity index (χ3v) is 3.21. The second-order valence-electron chi connectivity index (χ2n) is 4.83. The molecule has 1 saturated heterocycles. The lowest BCUT2D eigenvalue weighted by Crippen LogP contribution is -2.48. The highest BCUT2D eigenvalue weighted by Crippen LogP contribution is 2.09. The molecule has 0 aromatic carbocycles. The lowest BCUT2D eigenvalue weighted by molar-refractivity contribution is -0.134. The maximum absolute atomic E-state index is 12.1. The van der Waals surface area contributed by atoms with Crippen molar-refractivity contribution in [3.8, 4) is 0 Å². The van der Waals surface area contributed by atoms with Crippen LogP contribution >= 0.6 is 0 Å². The summed E-state index contributed by atoms with van der Waals surface area (Å²) in [6.07, 6.45) is 2.87. The molecule has 0 aliphatic carbocycles. The van der Waals surface area contributed by atoms with E-state index >= 15 is 0 Å². The molecule has 1 aliphatic heterocycles. The van der Waals surface area contributed by atoms with E-state index in [1.54, 1.807) is 0 Å². The second kappa shape index (κ2) is 8.45. The van der Waals surface area contributed by atoms with Crippen LogP contribution in [0.15, 0.2) is 0 Å². The lowest BCUT2D eigenvalue weighted by atomic mass is 10.1. The Kier molecular flexibility index (Phi) is 7.23. The Morgan fingerprint density at radius 2 is 2.06 bits per heavy atom. The number of aliphatic hydroxyl groups excluding tert-OH is 1. The van der Waals surface area contributed by atoms with Crippen LogP contribution in [0.5, 0.6) is 0 Å². The number of rotatable bonds is 7. The van der Waals surface area contributed by atoms with Crippen LogP contribution in [0, 0.1) is 0 Å². The Morgan fingerprint density at radius 1 is 1.39 bits per heavy atom. The Morgan fingerprint density at radius 3 is 2.67 bits per heavy atom. The van der Waals surface area contributed by atoms with Crippen molar-refractivity contribution in [2.75, 3.05) is 32.8 Å². The maximum atomic E-state index is 12.1. The Labute approximate surface area is 109 Å². The van der Waals surface area contributed by atoms with Gasteiger partial charge >= 0.3 is 0 Å². The summed E-state index contributed by atoms with van der Waals surface area (Å²) in [6, 6.07) is -0.237. The van der Waals surface area contributed by atoms with Crippen LogP contribution in [-0.2, 0) is 9.53 Å². The van der Waals surface area contributed by atoms with E-state index in [9.17, 15) is 9.90 Å². The zero-order valence-electron chi connectivity index (χ0n) is 11.5. The highest BCUT2D eigenvalue weighted by atomic mass is 16.5. The third-order valence-electron chi connectivity index (χ3n) is 3.21. The van der Waals surface area contributed by atoms with E-state index < -0.39 is 6.10 Å². The fraction of sp³-hybridized carbons (Fsp3) is 0.923. The number of likely N-dealkylation sites (tertiary alicyclic amines) is 1. The maximum Gasteiger partial charge on any atom is 0.239 e. The van der Waals surface area contributed by atoms with Gasteiger partial charge in [0.05, 0.1) is 18.8 Å². The molecule has 2 N–H and O–H groups in total. The summed E-state index contributed by atoms with van der Waals surface area (Å²) in [6.45, 7) is 6.78. The number of nitrogens with one attached hydrogen (secondary N) is 1. The largest absolute Gasteiger partial charge is 0.389 e. The van der Waals surface area contributed by atoms with Gasteiger partial charge in [-0.05, 0) is 33.1 Å². The highest BCUT2D eigenvalue weighted by Gasteiger charge is 2.22. The van der Waals surface area contributed by atoms with Crippen molar-refractivity contribution in [2.24, 2.45) is 0 Å². The average Bonchev–Trinajstić information content (AvgIpc) is 2.42. The summed E-state index contributed by atoms with van der Waals surface area (Å²) < 4.78 is 5.12. The predicted molar refractivity (Wildman–Crippen MR) is 70.4 cm³/mol. The molecule has 1 amide bonds. The van der Waals surface area contributed by atoms with E-state index in [1.165, 1.54) is 6.42 Å². The van der Waals surface area contributed by atoms with Gasteiger partial charge in [0.2, 0.25) is 5.91 Å². The van der Waals surface area contributed by atoms with Crippen LogP contribution in [0.3, 0.4) is 0 Å². The first-order valence-corrected chi connectivity index (χ1v) is 6.93. The summed E-state index contributed by atoms with van der Waals surface area (Å²) >= 11 is 0. The van der Waals surface area contributed by atoms with Gasteiger partial charge in [0, 0.05) is 26.2 Å². The summed E-state index contributed by atoms with van der Waals surface area (Å²) in [5.41, 5.74) is 0. The fourth-order valence-electron chi connectivity index (χ4n) is 2.10. The molecule has 106 valence electrons. The first-order valence-electron chi connectivity index (χ1n) is 6.93. The number of amides is 1. The van der Waals surface area contributed by atoms with Crippen LogP contribution in [0.1, 0.15) is 33.1 Å².